The SMILES string of the molecule is O=C(O[C@@H](C(=O)[O-])[C@@H](OC(=O)c1ccccc1)C(=O)[O-])c1ccccc1.O=C(O[C@@H](C(=O)[O-])[C@@H](OC(=O)c1ccccc1)C(=O)[O-])c1ccccc1.[Ca+2]. The Labute approximate surface area is 329 Å². The minimum atomic E-state index is -2.39. The van der Waals surface area contributed by atoms with Gasteiger partial charge in [-0.15, -0.1) is 0 Å². The molecule has 0 aliphatic heterocycles. The summed E-state index contributed by atoms with van der Waals surface area (Å²) in [6, 6.07) is 29.1. The van der Waals surface area contributed by atoms with Crippen molar-refractivity contribution >= 4 is 85.5 Å². The molecule has 0 N–H and O–H groups in total. The van der Waals surface area contributed by atoms with Crippen LogP contribution >= 0.6 is 0 Å². The first-order chi connectivity index (χ1) is 24.8. The van der Waals surface area contributed by atoms with Crippen LogP contribution in [-0.2, 0) is 38.1 Å². The molecule has 16 nitrogen and oxygen atoms in total. The largest absolute Gasteiger partial charge is 2.00 e. The predicted molar refractivity (Wildman–Crippen MR) is 168 cm³/mol. The van der Waals surface area contributed by atoms with Crippen molar-refractivity contribution < 1.29 is 77.7 Å². The van der Waals surface area contributed by atoms with E-state index in [1.165, 1.54) is 97.1 Å². The molecule has 0 saturated carbocycles. The van der Waals surface area contributed by atoms with Crippen molar-refractivity contribution in [2.45, 2.75) is 24.4 Å². The molecule has 53 heavy (non-hydrogen) atoms. The predicted octanol–water partition coefficient (Wildman–Crippen LogP) is -2.51. The molecular weight excluding hydrogens is 728 g/mol. The topological polar surface area (TPSA) is 266 Å². The maximum absolute atomic E-state index is 12.0. The van der Waals surface area contributed by atoms with Gasteiger partial charge >= 0.3 is 61.6 Å². The second kappa shape index (κ2) is 21.3. The first-order valence-corrected chi connectivity index (χ1v) is 14.7. The Morgan fingerprint density at radius 3 is 0.604 bits per heavy atom. The fourth-order valence-corrected chi connectivity index (χ4v) is 3.96. The van der Waals surface area contributed by atoms with Crippen LogP contribution in [-0.4, -0.2) is 110 Å². The van der Waals surface area contributed by atoms with Crippen molar-refractivity contribution in [3.05, 3.63) is 144 Å². The number of esters is 4. The molecular formula is C36H24CaO16-2. The normalized spacial score (nSPS) is 12.2. The second-order valence-electron chi connectivity index (χ2n) is 10.0. The van der Waals surface area contributed by atoms with Crippen LogP contribution in [0.2, 0.25) is 0 Å². The van der Waals surface area contributed by atoms with Crippen LogP contribution < -0.4 is 20.4 Å². The molecule has 0 spiro atoms. The molecule has 0 bridgehead atoms. The van der Waals surface area contributed by atoms with Crippen LogP contribution in [0.25, 0.3) is 0 Å². The van der Waals surface area contributed by atoms with Gasteiger partial charge in [-0.05, 0) is 48.5 Å². The van der Waals surface area contributed by atoms with Gasteiger partial charge in [0.15, 0.2) is 24.4 Å². The zero-order valence-electron chi connectivity index (χ0n) is 27.1. The van der Waals surface area contributed by atoms with E-state index in [-0.39, 0.29) is 60.0 Å². The van der Waals surface area contributed by atoms with Gasteiger partial charge in [0, 0.05) is 0 Å². The summed E-state index contributed by atoms with van der Waals surface area (Å²) in [5.74, 6) is -12.7. The summed E-state index contributed by atoms with van der Waals surface area (Å²) in [7, 11) is 0. The molecule has 0 saturated heterocycles. The van der Waals surface area contributed by atoms with Gasteiger partial charge in [-0.1, -0.05) is 72.8 Å². The zero-order valence-corrected chi connectivity index (χ0v) is 29.3. The van der Waals surface area contributed by atoms with Crippen LogP contribution in [0.1, 0.15) is 41.4 Å². The van der Waals surface area contributed by atoms with Gasteiger partial charge in [0.05, 0.1) is 46.1 Å². The third-order valence-corrected chi connectivity index (χ3v) is 6.45. The molecule has 0 aromatic heterocycles. The van der Waals surface area contributed by atoms with Crippen molar-refractivity contribution in [2.75, 3.05) is 0 Å². The van der Waals surface area contributed by atoms with Gasteiger partial charge in [-0.3, -0.25) is 0 Å². The fraction of sp³-hybridized carbons (Fsp3) is 0.111. The number of carboxylic acid groups (broad SMARTS) is 4. The third-order valence-electron chi connectivity index (χ3n) is 6.45. The molecule has 0 radical (unpaired) electrons. The number of carbonyl (C=O) groups is 8. The average Bonchev–Trinajstić information content (AvgIpc) is 3.15. The molecule has 4 aromatic carbocycles. The summed E-state index contributed by atoms with van der Waals surface area (Å²) >= 11 is 0. The van der Waals surface area contributed by atoms with Crippen molar-refractivity contribution in [2.24, 2.45) is 0 Å². The molecule has 17 heteroatoms. The molecule has 0 aliphatic rings. The molecule has 0 amide bonds. The number of ether oxygens (including phenoxy) is 4. The molecule has 268 valence electrons. The monoisotopic (exact) mass is 752 g/mol. The van der Waals surface area contributed by atoms with Crippen LogP contribution in [0.3, 0.4) is 0 Å². The maximum Gasteiger partial charge on any atom is 2.00 e. The van der Waals surface area contributed by atoms with Gasteiger partial charge in [-0.25, -0.2) is 19.2 Å². The van der Waals surface area contributed by atoms with E-state index >= 15 is 0 Å². The van der Waals surface area contributed by atoms with Gasteiger partial charge in [0.1, 0.15) is 0 Å². The zero-order chi connectivity index (χ0) is 38.2. The standard InChI is InChI=1S/2C18H14O8.Ca/c2*19-15(20)13(25-17(23)11-7-3-1-4-8-11)14(16(21)22)26-18(24)12-9-5-2-6-10-12;/h2*1-10,13-14H,(H,19,20)(H,21,22);/q;;+2/p-4/t2*13-,14-;/m11./s1. The average molecular weight is 753 g/mol. The van der Waals surface area contributed by atoms with Gasteiger partial charge in [-0.2, -0.15) is 0 Å². The Morgan fingerprint density at radius 1 is 0.321 bits per heavy atom. The van der Waals surface area contributed by atoms with Gasteiger partial charge < -0.3 is 58.6 Å². The summed E-state index contributed by atoms with van der Waals surface area (Å²) in [5, 5.41) is 45.0. The summed E-state index contributed by atoms with van der Waals surface area (Å²) in [4.78, 5) is 92.9. The Bertz CT molecular complexity index is 1610. The Kier molecular flexibility index (Phi) is 17.3. The van der Waals surface area contributed by atoms with Crippen molar-refractivity contribution in [1.29, 1.82) is 0 Å². The molecule has 4 aromatic rings. The molecule has 0 unspecified atom stereocenters. The number of carbonyl (C=O) groups excluding carboxylic acids is 8. The number of hydrogen-bond donors (Lipinski definition) is 0. The number of rotatable bonds is 14. The molecule has 0 heterocycles. The number of carboxylic acids is 4. The van der Waals surface area contributed by atoms with Crippen LogP contribution in [0.4, 0.5) is 0 Å². The smallest absolute Gasteiger partial charge is 0.546 e. The Morgan fingerprint density at radius 2 is 0.472 bits per heavy atom. The van der Waals surface area contributed by atoms with Gasteiger partial charge in [0.25, 0.3) is 0 Å². The summed E-state index contributed by atoms with van der Waals surface area (Å²) in [6.07, 6.45) is -9.55. The third kappa shape index (κ3) is 13.2. The summed E-state index contributed by atoms with van der Waals surface area (Å²) in [6.45, 7) is 0. The quantitative estimate of drug-likeness (QED) is 0.0731. The van der Waals surface area contributed by atoms with E-state index in [9.17, 15) is 58.8 Å². The van der Waals surface area contributed by atoms with Crippen LogP contribution in [0.5, 0.6) is 0 Å². The van der Waals surface area contributed by atoms with E-state index in [0.29, 0.717) is 0 Å². The molecule has 0 fully saturated rings. The molecule has 4 rings (SSSR count). The fourth-order valence-electron chi connectivity index (χ4n) is 3.96. The van der Waals surface area contributed by atoms with Crippen LogP contribution in [0.15, 0.2) is 121 Å². The van der Waals surface area contributed by atoms with Crippen molar-refractivity contribution in [3.63, 3.8) is 0 Å². The summed E-state index contributed by atoms with van der Waals surface area (Å²) in [5.41, 5.74) is -0.0917. The van der Waals surface area contributed by atoms with Gasteiger partial charge in [0.2, 0.25) is 0 Å². The second-order valence-corrected chi connectivity index (χ2v) is 10.0. The minimum absolute atomic E-state index is 0. The first-order valence-electron chi connectivity index (χ1n) is 14.7. The van der Waals surface area contributed by atoms with Crippen molar-refractivity contribution in [3.8, 4) is 0 Å². The van der Waals surface area contributed by atoms with E-state index in [1.807, 2.05) is 0 Å². The number of benzene rings is 4. The van der Waals surface area contributed by atoms with E-state index in [1.54, 1.807) is 24.3 Å². The Hall–Kier alpha value is -6.10. The summed E-state index contributed by atoms with van der Waals surface area (Å²) < 4.78 is 18.6. The number of aliphatic carboxylic acids is 4. The maximum atomic E-state index is 12.0. The van der Waals surface area contributed by atoms with E-state index in [0.717, 1.165) is 0 Å². The van der Waals surface area contributed by atoms with E-state index < -0.39 is 72.2 Å². The van der Waals surface area contributed by atoms with E-state index in [2.05, 4.69) is 18.9 Å². The number of hydrogen-bond acceptors (Lipinski definition) is 16. The minimum Gasteiger partial charge on any atom is -0.546 e. The molecule has 0 aliphatic carbocycles. The Balaban J connectivity index is 0.000000360. The van der Waals surface area contributed by atoms with Crippen LogP contribution in [0, 0.1) is 0 Å². The van der Waals surface area contributed by atoms with Crippen molar-refractivity contribution in [1.82, 2.24) is 0 Å². The first kappa shape index (κ1) is 43.1. The molecule has 4 atom stereocenters. The van der Waals surface area contributed by atoms with E-state index in [4.69, 9.17) is 0 Å².